The largest absolute Gasteiger partial charge is 0.349 e. The van der Waals surface area contributed by atoms with E-state index in [2.05, 4.69) is 72.4 Å². The molecule has 0 atom stereocenters. The lowest BCUT2D eigenvalue weighted by Crippen LogP contribution is -2.72. The van der Waals surface area contributed by atoms with Gasteiger partial charge in [0.25, 0.3) is 0 Å². The van der Waals surface area contributed by atoms with Crippen LogP contribution in [0.4, 0.5) is 0 Å². The minimum absolute atomic E-state index is 0.0469. The normalized spacial score (nSPS) is 18.5. The smallest absolute Gasteiger partial charge is 0.195 e. The van der Waals surface area contributed by atoms with Crippen LogP contribution >= 0.6 is 0 Å². The van der Waals surface area contributed by atoms with Gasteiger partial charge in [-0.05, 0) is 26.3 Å². The van der Waals surface area contributed by atoms with Crippen molar-refractivity contribution in [2.75, 3.05) is 6.54 Å². The number of nitrogens with zero attached hydrogens (tertiary/aromatic N) is 5. The molecular formula is C20H30N6. The highest BCUT2D eigenvalue weighted by molar-refractivity contribution is 5.82. The summed E-state index contributed by atoms with van der Waals surface area (Å²) in [6.07, 6.45) is 0. The maximum atomic E-state index is 4.90. The highest BCUT2D eigenvalue weighted by Gasteiger charge is 2.53. The van der Waals surface area contributed by atoms with Crippen molar-refractivity contribution in [1.82, 2.24) is 25.0 Å². The van der Waals surface area contributed by atoms with Crippen LogP contribution in [0.1, 0.15) is 44.9 Å². The van der Waals surface area contributed by atoms with Crippen molar-refractivity contribution in [3.8, 4) is 0 Å². The standard InChI is InChI=1S/C20H30N6/c1-15-23-24-17(25(15)6)13-22-18(21-12-16-10-8-7-9-11-16)26-14-19(2,3)20(26,4)5/h7-11H,12-14H2,1-6H3,(H,21,22). The molecule has 0 aliphatic carbocycles. The fourth-order valence-electron chi connectivity index (χ4n) is 3.15. The molecular weight excluding hydrogens is 324 g/mol. The molecule has 26 heavy (non-hydrogen) atoms. The average Bonchev–Trinajstić information content (AvgIpc) is 2.93. The Balaban J connectivity index is 1.79. The van der Waals surface area contributed by atoms with Crippen LogP contribution in [-0.2, 0) is 20.1 Å². The van der Waals surface area contributed by atoms with E-state index >= 15 is 0 Å². The van der Waals surface area contributed by atoms with E-state index in [0.29, 0.717) is 13.1 Å². The summed E-state index contributed by atoms with van der Waals surface area (Å²) < 4.78 is 2.01. The molecule has 2 aromatic rings. The Labute approximate surface area is 156 Å². The molecule has 1 aliphatic heterocycles. The molecule has 2 heterocycles. The van der Waals surface area contributed by atoms with E-state index in [1.807, 2.05) is 24.6 Å². The number of benzene rings is 1. The van der Waals surface area contributed by atoms with Crippen molar-refractivity contribution in [3.63, 3.8) is 0 Å². The van der Waals surface area contributed by atoms with E-state index in [-0.39, 0.29) is 11.0 Å². The first-order valence-electron chi connectivity index (χ1n) is 9.17. The fraction of sp³-hybridized carbons (Fsp3) is 0.550. The Bertz CT molecular complexity index is 788. The number of aliphatic imine (C=N–C) groups is 1. The van der Waals surface area contributed by atoms with E-state index in [4.69, 9.17) is 4.99 Å². The second-order valence-corrected chi connectivity index (χ2v) is 8.23. The van der Waals surface area contributed by atoms with Crippen LogP contribution in [0.5, 0.6) is 0 Å². The van der Waals surface area contributed by atoms with Crippen molar-refractivity contribution in [1.29, 1.82) is 0 Å². The first-order valence-corrected chi connectivity index (χ1v) is 9.17. The third-order valence-corrected chi connectivity index (χ3v) is 5.98. The molecule has 0 saturated carbocycles. The quantitative estimate of drug-likeness (QED) is 0.677. The number of guanidine groups is 1. The summed E-state index contributed by atoms with van der Waals surface area (Å²) in [4.78, 5) is 7.26. The Morgan fingerprint density at radius 1 is 1.15 bits per heavy atom. The Morgan fingerprint density at radius 3 is 2.38 bits per heavy atom. The lowest BCUT2D eigenvalue weighted by atomic mass is 9.65. The molecule has 1 aliphatic rings. The van der Waals surface area contributed by atoms with Crippen LogP contribution in [0.2, 0.25) is 0 Å². The van der Waals surface area contributed by atoms with Gasteiger partial charge in [0, 0.05) is 24.5 Å². The second-order valence-electron chi connectivity index (χ2n) is 8.23. The Kier molecular flexibility index (Phi) is 4.78. The number of aromatic nitrogens is 3. The van der Waals surface area contributed by atoms with Crippen molar-refractivity contribution in [2.45, 2.75) is 53.2 Å². The third-order valence-electron chi connectivity index (χ3n) is 5.98. The highest BCUT2D eigenvalue weighted by Crippen LogP contribution is 2.46. The van der Waals surface area contributed by atoms with Crippen molar-refractivity contribution in [3.05, 3.63) is 47.5 Å². The van der Waals surface area contributed by atoms with Gasteiger partial charge in [-0.25, -0.2) is 4.99 Å². The van der Waals surface area contributed by atoms with Crippen molar-refractivity contribution < 1.29 is 0 Å². The summed E-state index contributed by atoms with van der Waals surface area (Å²) in [7, 11) is 1.99. The van der Waals surface area contributed by atoms with Gasteiger partial charge in [0.1, 0.15) is 5.82 Å². The molecule has 6 nitrogen and oxygen atoms in total. The molecule has 6 heteroatoms. The summed E-state index contributed by atoms with van der Waals surface area (Å²) in [5.41, 5.74) is 1.51. The molecule has 0 amide bonds. The molecule has 140 valence electrons. The summed E-state index contributed by atoms with van der Waals surface area (Å²) in [6.45, 7) is 13.4. The molecule has 0 bridgehead atoms. The molecule has 1 saturated heterocycles. The van der Waals surface area contributed by atoms with Gasteiger partial charge in [-0.1, -0.05) is 44.2 Å². The van der Waals surface area contributed by atoms with Crippen LogP contribution in [0.3, 0.4) is 0 Å². The van der Waals surface area contributed by atoms with Gasteiger partial charge in [0.05, 0.1) is 13.1 Å². The monoisotopic (exact) mass is 354 g/mol. The van der Waals surface area contributed by atoms with E-state index < -0.39 is 0 Å². The van der Waals surface area contributed by atoms with Crippen LogP contribution < -0.4 is 5.32 Å². The van der Waals surface area contributed by atoms with Crippen LogP contribution in [0.15, 0.2) is 35.3 Å². The number of aryl methyl sites for hydroxylation is 1. The highest BCUT2D eigenvalue weighted by atomic mass is 15.4. The minimum Gasteiger partial charge on any atom is -0.349 e. The van der Waals surface area contributed by atoms with Gasteiger partial charge in [-0.3, -0.25) is 0 Å². The molecule has 3 rings (SSSR count). The van der Waals surface area contributed by atoms with Gasteiger partial charge in [0.15, 0.2) is 11.8 Å². The minimum atomic E-state index is 0.0469. The molecule has 0 spiro atoms. The van der Waals surface area contributed by atoms with Crippen molar-refractivity contribution >= 4 is 5.96 Å². The van der Waals surface area contributed by atoms with Gasteiger partial charge < -0.3 is 14.8 Å². The Hall–Kier alpha value is -2.37. The summed E-state index contributed by atoms with van der Waals surface area (Å²) in [5.74, 6) is 2.75. The lowest BCUT2D eigenvalue weighted by Gasteiger charge is -2.62. The summed E-state index contributed by atoms with van der Waals surface area (Å²) >= 11 is 0. The molecule has 1 N–H and O–H groups in total. The zero-order chi connectivity index (χ0) is 18.9. The van der Waals surface area contributed by atoms with Gasteiger partial charge >= 0.3 is 0 Å². The lowest BCUT2D eigenvalue weighted by molar-refractivity contribution is -0.0669. The zero-order valence-electron chi connectivity index (χ0n) is 16.7. The van der Waals surface area contributed by atoms with Gasteiger partial charge in [0.2, 0.25) is 0 Å². The van der Waals surface area contributed by atoms with Gasteiger partial charge in [-0.2, -0.15) is 0 Å². The summed E-state index contributed by atoms with van der Waals surface area (Å²) in [5, 5.41) is 11.9. The van der Waals surface area contributed by atoms with Crippen LogP contribution in [-0.4, -0.2) is 37.7 Å². The van der Waals surface area contributed by atoms with Crippen LogP contribution in [0.25, 0.3) is 0 Å². The molecule has 1 fully saturated rings. The SMILES string of the molecule is Cc1nnc(CNC(=NCc2ccccc2)N2CC(C)(C)C2(C)C)n1C. The number of rotatable bonds is 4. The van der Waals surface area contributed by atoms with E-state index in [0.717, 1.165) is 24.2 Å². The first kappa shape index (κ1) is 18.4. The second kappa shape index (κ2) is 6.74. The predicted molar refractivity (Wildman–Crippen MR) is 105 cm³/mol. The maximum absolute atomic E-state index is 4.90. The van der Waals surface area contributed by atoms with E-state index in [1.54, 1.807) is 0 Å². The zero-order valence-corrected chi connectivity index (χ0v) is 16.7. The number of hydrogen-bond acceptors (Lipinski definition) is 3. The van der Waals surface area contributed by atoms with Gasteiger partial charge in [-0.15, -0.1) is 10.2 Å². The van der Waals surface area contributed by atoms with E-state index in [9.17, 15) is 0 Å². The Morgan fingerprint density at radius 2 is 1.85 bits per heavy atom. The fourth-order valence-corrected chi connectivity index (χ4v) is 3.15. The maximum Gasteiger partial charge on any atom is 0.195 e. The molecule has 0 radical (unpaired) electrons. The topological polar surface area (TPSA) is 58.3 Å². The number of likely N-dealkylation sites (tertiary alicyclic amines) is 1. The summed E-state index contributed by atoms with van der Waals surface area (Å²) in [6, 6.07) is 10.4. The molecule has 0 unspecified atom stereocenters. The molecule has 1 aromatic heterocycles. The van der Waals surface area contributed by atoms with E-state index in [1.165, 1.54) is 5.56 Å². The van der Waals surface area contributed by atoms with Crippen LogP contribution in [0, 0.1) is 12.3 Å². The number of hydrogen-bond donors (Lipinski definition) is 1. The predicted octanol–water partition coefficient (Wildman–Crippen LogP) is 2.89. The third kappa shape index (κ3) is 3.32. The number of nitrogens with one attached hydrogen (secondary N) is 1. The average molecular weight is 355 g/mol. The van der Waals surface area contributed by atoms with Crippen molar-refractivity contribution in [2.24, 2.45) is 17.5 Å². The molecule has 1 aromatic carbocycles. The first-order chi connectivity index (χ1) is 12.2.